The molecule has 26 heavy (non-hydrogen) atoms. The van der Waals surface area contributed by atoms with Gasteiger partial charge in [0, 0.05) is 19.1 Å². The van der Waals surface area contributed by atoms with Gasteiger partial charge in [0.2, 0.25) is 15.9 Å². The van der Waals surface area contributed by atoms with Gasteiger partial charge in [-0.1, -0.05) is 13.8 Å². The van der Waals surface area contributed by atoms with Crippen molar-refractivity contribution in [3.8, 4) is 5.75 Å². The van der Waals surface area contributed by atoms with E-state index in [1.165, 1.54) is 6.07 Å². The zero-order valence-corrected chi connectivity index (χ0v) is 16.6. The van der Waals surface area contributed by atoms with Crippen molar-refractivity contribution >= 4 is 28.3 Å². The van der Waals surface area contributed by atoms with Crippen LogP contribution in [0.25, 0.3) is 0 Å². The number of methoxy groups -OCH3 is 1. The molecule has 1 aromatic carbocycles. The maximum atomic E-state index is 14.1. The number of hydrogen-bond donors (Lipinski definition) is 2. The molecule has 7 nitrogen and oxygen atoms in total. The van der Waals surface area contributed by atoms with E-state index in [0.29, 0.717) is 19.5 Å². The number of nitrogens with two attached hydrogens (primary N) is 2. The van der Waals surface area contributed by atoms with Crippen LogP contribution in [-0.2, 0) is 21.2 Å². The lowest BCUT2D eigenvalue weighted by molar-refractivity contribution is -0.133. The zero-order valence-electron chi connectivity index (χ0n) is 15.0. The Bertz CT molecular complexity index is 786. The van der Waals surface area contributed by atoms with Crippen molar-refractivity contribution in [2.75, 3.05) is 20.2 Å². The van der Waals surface area contributed by atoms with E-state index in [9.17, 15) is 17.6 Å². The zero-order chi connectivity index (χ0) is 19.0. The lowest BCUT2D eigenvalue weighted by Crippen LogP contribution is -2.54. The van der Waals surface area contributed by atoms with Crippen molar-refractivity contribution in [2.45, 2.75) is 37.6 Å². The maximum Gasteiger partial charge on any atom is 0.241 e. The summed E-state index contributed by atoms with van der Waals surface area (Å²) >= 11 is 0. The number of benzene rings is 1. The van der Waals surface area contributed by atoms with Crippen LogP contribution < -0.4 is 15.6 Å². The van der Waals surface area contributed by atoms with Gasteiger partial charge in [0.05, 0.1) is 13.5 Å². The Hall–Kier alpha value is -1.42. The van der Waals surface area contributed by atoms with Gasteiger partial charge >= 0.3 is 0 Å². The molecule has 0 saturated carbocycles. The minimum absolute atomic E-state index is 0. The normalized spacial score (nSPS) is 19.6. The number of ether oxygens (including phenoxy) is 1. The SMILES string of the molecule is COc1c(F)cc(CC(=O)N2CCC(N)C(C)(C)C2)cc1S(N)(=O)=O.Cl. The minimum atomic E-state index is -4.18. The van der Waals surface area contributed by atoms with Gasteiger partial charge in [-0.15, -0.1) is 12.4 Å². The number of carbonyl (C=O) groups is 1. The molecular formula is C16H25ClFN3O4S. The summed E-state index contributed by atoms with van der Waals surface area (Å²) < 4.78 is 42.2. The summed E-state index contributed by atoms with van der Waals surface area (Å²) in [5.41, 5.74) is 6.07. The average molecular weight is 410 g/mol. The maximum absolute atomic E-state index is 14.1. The number of rotatable bonds is 4. The highest BCUT2D eigenvalue weighted by atomic mass is 35.5. The summed E-state index contributed by atoms with van der Waals surface area (Å²) in [5.74, 6) is -1.55. The number of halogens is 2. The molecule has 1 aliphatic heterocycles. The molecule has 1 aromatic rings. The summed E-state index contributed by atoms with van der Waals surface area (Å²) in [5, 5.41) is 5.11. The monoisotopic (exact) mass is 409 g/mol. The van der Waals surface area contributed by atoms with E-state index in [-0.39, 0.29) is 41.8 Å². The molecule has 0 aromatic heterocycles. The predicted octanol–water partition coefficient (Wildman–Crippen LogP) is 1.03. The molecule has 1 unspecified atom stereocenters. The van der Waals surface area contributed by atoms with Crippen molar-refractivity contribution in [1.29, 1.82) is 0 Å². The summed E-state index contributed by atoms with van der Waals surface area (Å²) in [4.78, 5) is 13.7. The summed E-state index contributed by atoms with van der Waals surface area (Å²) in [6, 6.07) is 2.27. The first-order valence-corrected chi connectivity index (χ1v) is 9.43. The predicted molar refractivity (Wildman–Crippen MR) is 98.2 cm³/mol. The molecule has 0 radical (unpaired) electrons. The fourth-order valence-corrected chi connectivity index (χ4v) is 3.76. The third kappa shape index (κ3) is 4.85. The van der Waals surface area contributed by atoms with Crippen LogP contribution in [0.5, 0.6) is 5.75 Å². The van der Waals surface area contributed by atoms with Gasteiger partial charge in [-0.3, -0.25) is 4.79 Å². The third-order valence-corrected chi connectivity index (χ3v) is 5.52. The van der Waals surface area contributed by atoms with E-state index in [1.54, 1.807) is 4.90 Å². The quantitative estimate of drug-likeness (QED) is 0.770. The van der Waals surface area contributed by atoms with Crippen LogP contribution in [0, 0.1) is 11.2 Å². The number of sulfonamides is 1. The molecule has 2 rings (SSSR count). The smallest absolute Gasteiger partial charge is 0.241 e. The number of primary sulfonamides is 1. The highest BCUT2D eigenvalue weighted by molar-refractivity contribution is 7.89. The van der Waals surface area contributed by atoms with Gasteiger partial charge in [0.25, 0.3) is 0 Å². The summed E-state index contributed by atoms with van der Waals surface area (Å²) in [7, 11) is -3.03. The van der Waals surface area contributed by atoms with Crippen LogP contribution in [0.2, 0.25) is 0 Å². The fraction of sp³-hybridized carbons (Fsp3) is 0.562. The van der Waals surface area contributed by atoms with Crippen LogP contribution in [0.4, 0.5) is 4.39 Å². The molecule has 10 heteroatoms. The van der Waals surface area contributed by atoms with Gasteiger partial charge in [-0.2, -0.15) is 0 Å². The largest absolute Gasteiger partial charge is 0.492 e. The van der Waals surface area contributed by atoms with E-state index in [4.69, 9.17) is 15.6 Å². The number of nitrogens with zero attached hydrogens (tertiary/aromatic N) is 1. The Morgan fingerprint density at radius 2 is 2.04 bits per heavy atom. The van der Waals surface area contributed by atoms with Gasteiger partial charge in [0.1, 0.15) is 4.90 Å². The van der Waals surface area contributed by atoms with Gasteiger partial charge in [0.15, 0.2) is 11.6 Å². The molecule has 1 aliphatic rings. The molecule has 0 aliphatic carbocycles. The van der Waals surface area contributed by atoms with Crippen LogP contribution in [0.1, 0.15) is 25.8 Å². The molecule has 0 bridgehead atoms. The lowest BCUT2D eigenvalue weighted by atomic mass is 9.79. The van der Waals surface area contributed by atoms with Crippen LogP contribution >= 0.6 is 12.4 Å². The standard InChI is InChI=1S/C16H24FN3O4S.ClH/c1-16(2)9-20(5-4-13(16)18)14(21)8-10-6-11(17)15(24-3)12(7-10)25(19,22)23;/h6-7,13H,4-5,8-9,18H2,1-3H3,(H2,19,22,23);1H. The topological polar surface area (TPSA) is 116 Å². The van der Waals surface area contributed by atoms with Crippen molar-refractivity contribution in [2.24, 2.45) is 16.3 Å². The highest BCUT2D eigenvalue weighted by Crippen LogP contribution is 2.30. The van der Waals surface area contributed by atoms with E-state index in [1.807, 2.05) is 13.8 Å². The second-order valence-corrected chi connectivity index (χ2v) is 8.56. The summed E-state index contributed by atoms with van der Waals surface area (Å²) in [6.45, 7) is 4.99. The van der Waals surface area contributed by atoms with Crippen LogP contribution in [0.15, 0.2) is 17.0 Å². The first-order valence-electron chi connectivity index (χ1n) is 7.88. The molecule has 1 atom stereocenters. The Balaban J connectivity index is 0.00000338. The van der Waals surface area contributed by atoms with Crippen molar-refractivity contribution in [1.82, 2.24) is 4.90 Å². The van der Waals surface area contributed by atoms with E-state index in [0.717, 1.165) is 13.2 Å². The fourth-order valence-electron chi connectivity index (χ4n) is 3.01. The molecule has 1 amide bonds. The third-order valence-electron chi connectivity index (χ3n) is 4.60. The molecule has 1 fully saturated rings. The molecular weight excluding hydrogens is 385 g/mol. The second-order valence-electron chi connectivity index (χ2n) is 7.03. The Morgan fingerprint density at radius 1 is 1.42 bits per heavy atom. The Kier molecular flexibility index (Phi) is 7.03. The lowest BCUT2D eigenvalue weighted by Gasteiger charge is -2.42. The van der Waals surface area contributed by atoms with Gasteiger partial charge in [-0.05, 0) is 29.5 Å². The van der Waals surface area contributed by atoms with E-state index < -0.39 is 26.5 Å². The molecule has 0 spiro atoms. The number of likely N-dealkylation sites (tertiary alicyclic amines) is 1. The number of carbonyl (C=O) groups excluding carboxylic acids is 1. The van der Waals surface area contributed by atoms with E-state index in [2.05, 4.69) is 0 Å². The summed E-state index contributed by atoms with van der Waals surface area (Å²) in [6.07, 6.45) is 0.549. The van der Waals surface area contributed by atoms with Crippen LogP contribution in [0.3, 0.4) is 0 Å². The number of hydrogen-bond acceptors (Lipinski definition) is 5. The highest BCUT2D eigenvalue weighted by Gasteiger charge is 2.35. The first kappa shape index (κ1) is 22.6. The van der Waals surface area contributed by atoms with E-state index >= 15 is 0 Å². The van der Waals surface area contributed by atoms with Crippen molar-refractivity contribution in [3.05, 3.63) is 23.5 Å². The molecule has 148 valence electrons. The number of piperidine rings is 1. The molecule has 4 N–H and O–H groups in total. The van der Waals surface area contributed by atoms with Crippen LogP contribution in [-0.4, -0.2) is 45.5 Å². The van der Waals surface area contributed by atoms with Gasteiger partial charge in [-0.25, -0.2) is 17.9 Å². The second kappa shape index (κ2) is 8.08. The number of amides is 1. The van der Waals surface area contributed by atoms with Crippen molar-refractivity contribution in [3.63, 3.8) is 0 Å². The average Bonchev–Trinajstić information content (AvgIpc) is 2.48. The van der Waals surface area contributed by atoms with Crippen molar-refractivity contribution < 1.29 is 22.3 Å². The molecule has 1 saturated heterocycles. The minimum Gasteiger partial charge on any atom is -0.492 e. The van der Waals surface area contributed by atoms with Gasteiger partial charge < -0.3 is 15.4 Å². The Labute approximate surface area is 159 Å². The first-order chi connectivity index (χ1) is 11.5. The molecule has 1 heterocycles. The Morgan fingerprint density at radius 3 is 2.54 bits per heavy atom.